The predicted octanol–water partition coefficient (Wildman–Crippen LogP) is 4.04. The zero-order valence-corrected chi connectivity index (χ0v) is 20.1. The van der Waals surface area contributed by atoms with Gasteiger partial charge in [-0.05, 0) is 28.8 Å². The van der Waals surface area contributed by atoms with Crippen LogP contribution >= 0.6 is 11.6 Å². The van der Waals surface area contributed by atoms with E-state index in [1.54, 1.807) is 17.0 Å². The summed E-state index contributed by atoms with van der Waals surface area (Å²) < 4.78 is 27.1. The minimum atomic E-state index is -3.73. The van der Waals surface area contributed by atoms with Gasteiger partial charge in [0.15, 0.2) is 0 Å². The first-order valence-corrected chi connectivity index (χ1v) is 12.8. The second-order valence-corrected chi connectivity index (χ2v) is 10.5. The number of nitrogens with zero attached hydrogens (tertiary/aromatic N) is 2. The molecule has 1 amide bonds. The molecular weight excluding hydrogens is 472 g/mol. The first-order valence-electron chi connectivity index (χ1n) is 11.0. The summed E-state index contributed by atoms with van der Waals surface area (Å²) in [6.45, 7) is 0.798. The highest BCUT2D eigenvalue weighted by Gasteiger charge is 2.31. The number of piperazine rings is 1. The van der Waals surface area contributed by atoms with Crippen LogP contribution in [0.3, 0.4) is 0 Å². The van der Waals surface area contributed by atoms with Gasteiger partial charge in [0.1, 0.15) is 10.7 Å². The first-order chi connectivity index (χ1) is 16.3. The molecule has 1 fully saturated rings. The molecule has 176 valence electrons. The minimum Gasteiger partial charge on any atom is -0.340 e. The monoisotopic (exact) mass is 496 g/mol. The highest BCUT2D eigenvalue weighted by atomic mass is 35.5. The number of rotatable bonds is 7. The maximum absolute atomic E-state index is 12.9. The van der Waals surface area contributed by atoms with Crippen LogP contribution in [0, 0.1) is 0 Å². The van der Waals surface area contributed by atoms with Gasteiger partial charge in [-0.3, -0.25) is 9.59 Å². The lowest BCUT2D eigenvalue weighted by Gasteiger charge is -2.34. The van der Waals surface area contributed by atoms with Crippen LogP contribution in [0.5, 0.6) is 0 Å². The number of halogens is 1. The molecule has 1 aliphatic rings. The van der Waals surface area contributed by atoms with Crippen LogP contribution in [0.25, 0.3) is 11.1 Å². The molecule has 0 atom stereocenters. The van der Waals surface area contributed by atoms with Gasteiger partial charge >= 0.3 is 0 Å². The summed E-state index contributed by atoms with van der Waals surface area (Å²) in [5, 5.41) is 0.170. The fraction of sp³-hybridized carbons (Fsp3) is 0.231. The summed E-state index contributed by atoms with van der Waals surface area (Å²) >= 11 is 6.06. The Hall–Kier alpha value is -3.00. The Labute approximate surface area is 204 Å². The molecule has 3 aromatic carbocycles. The van der Waals surface area contributed by atoms with E-state index in [-0.39, 0.29) is 60.6 Å². The van der Waals surface area contributed by atoms with Gasteiger partial charge in [-0.15, -0.1) is 0 Å². The minimum absolute atomic E-state index is 0.0601. The lowest BCUT2D eigenvalue weighted by atomic mass is 10.0. The fourth-order valence-corrected chi connectivity index (χ4v) is 5.90. The van der Waals surface area contributed by atoms with E-state index in [1.165, 1.54) is 16.4 Å². The van der Waals surface area contributed by atoms with E-state index < -0.39 is 10.0 Å². The van der Waals surface area contributed by atoms with E-state index in [2.05, 4.69) is 0 Å². The number of hydrogen-bond acceptors (Lipinski definition) is 4. The van der Waals surface area contributed by atoms with Gasteiger partial charge in [-0.1, -0.05) is 78.3 Å². The van der Waals surface area contributed by atoms with E-state index in [0.29, 0.717) is 0 Å². The van der Waals surface area contributed by atoms with Crippen LogP contribution in [0.2, 0.25) is 5.02 Å². The number of amides is 1. The summed E-state index contributed by atoms with van der Waals surface area (Å²) in [6.07, 6.45) is -0.0145. The Bertz CT molecular complexity index is 1270. The quantitative estimate of drug-likeness (QED) is 0.463. The van der Waals surface area contributed by atoms with Gasteiger partial charge in [-0.2, -0.15) is 4.31 Å². The van der Waals surface area contributed by atoms with Crippen LogP contribution in [0.15, 0.2) is 83.8 Å². The summed E-state index contributed by atoms with van der Waals surface area (Å²) in [7, 11) is -3.73. The van der Waals surface area contributed by atoms with Crippen molar-refractivity contribution in [2.75, 3.05) is 26.2 Å². The molecule has 0 saturated carbocycles. The van der Waals surface area contributed by atoms with Crippen molar-refractivity contribution in [3.63, 3.8) is 0 Å². The van der Waals surface area contributed by atoms with Crippen molar-refractivity contribution in [2.24, 2.45) is 0 Å². The van der Waals surface area contributed by atoms with Gasteiger partial charge < -0.3 is 4.90 Å². The Morgan fingerprint density at radius 1 is 0.765 bits per heavy atom. The molecule has 0 aliphatic carbocycles. The first kappa shape index (κ1) is 24.1. The number of carbonyl (C=O) groups is 2. The molecule has 0 N–H and O–H groups in total. The number of carbonyl (C=O) groups excluding carboxylic acids is 2. The maximum Gasteiger partial charge on any atom is 0.244 e. The Morgan fingerprint density at radius 2 is 1.35 bits per heavy atom. The third-order valence-electron chi connectivity index (χ3n) is 5.86. The maximum atomic E-state index is 12.9. The Kier molecular flexibility index (Phi) is 7.46. The molecule has 6 nitrogen and oxygen atoms in total. The van der Waals surface area contributed by atoms with Crippen molar-refractivity contribution < 1.29 is 18.0 Å². The third kappa shape index (κ3) is 5.55. The lowest BCUT2D eigenvalue weighted by Crippen LogP contribution is -2.50. The summed E-state index contributed by atoms with van der Waals surface area (Å²) in [5.74, 6) is -0.440. The molecular formula is C26H25ClN2O4S. The number of ketones is 1. The largest absolute Gasteiger partial charge is 0.340 e. The molecule has 0 unspecified atom stereocenters. The fourth-order valence-electron chi connectivity index (χ4n) is 3.99. The van der Waals surface area contributed by atoms with Gasteiger partial charge in [0.25, 0.3) is 0 Å². The lowest BCUT2D eigenvalue weighted by molar-refractivity contribution is -0.136. The molecule has 0 radical (unpaired) electrons. The average Bonchev–Trinajstić information content (AvgIpc) is 2.85. The van der Waals surface area contributed by atoms with Crippen molar-refractivity contribution in [1.82, 2.24) is 9.21 Å². The van der Waals surface area contributed by atoms with Crippen molar-refractivity contribution >= 4 is 33.3 Å². The molecule has 3 aromatic rings. The van der Waals surface area contributed by atoms with E-state index in [9.17, 15) is 18.0 Å². The zero-order valence-electron chi connectivity index (χ0n) is 18.6. The van der Waals surface area contributed by atoms with E-state index >= 15 is 0 Å². The zero-order chi connectivity index (χ0) is 24.1. The summed E-state index contributed by atoms with van der Waals surface area (Å²) in [6, 6.07) is 24.0. The van der Waals surface area contributed by atoms with Crippen LogP contribution in [-0.4, -0.2) is 55.5 Å². The number of sulfonamides is 1. The average molecular weight is 497 g/mol. The molecule has 0 aromatic heterocycles. The topological polar surface area (TPSA) is 74.8 Å². The Balaban J connectivity index is 1.29. The number of hydrogen-bond donors (Lipinski definition) is 0. The molecule has 0 bridgehead atoms. The smallest absolute Gasteiger partial charge is 0.244 e. The third-order valence-corrected chi connectivity index (χ3v) is 8.26. The van der Waals surface area contributed by atoms with Gasteiger partial charge in [0, 0.05) is 32.6 Å². The normalized spacial score (nSPS) is 14.7. The highest BCUT2D eigenvalue weighted by molar-refractivity contribution is 7.89. The highest BCUT2D eigenvalue weighted by Crippen LogP contribution is 2.25. The Morgan fingerprint density at radius 3 is 2.00 bits per heavy atom. The summed E-state index contributed by atoms with van der Waals surface area (Å²) in [5.41, 5.74) is 3.02. The van der Waals surface area contributed by atoms with Crippen molar-refractivity contribution in [2.45, 2.75) is 17.7 Å². The van der Waals surface area contributed by atoms with E-state index in [1.807, 2.05) is 54.6 Å². The molecule has 4 rings (SSSR count). The molecule has 1 aliphatic heterocycles. The summed E-state index contributed by atoms with van der Waals surface area (Å²) in [4.78, 5) is 26.7. The molecule has 1 heterocycles. The van der Waals surface area contributed by atoms with Gasteiger partial charge in [-0.25, -0.2) is 8.42 Å². The molecule has 8 heteroatoms. The van der Waals surface area contributed by atoms with Gasteiger partial charge in [0.05, 0.1) is 11.4 Å². The van der Waals surface area contributed by atoms with Crippen molar-refractivity contribution in [1.29, 1.82) is 0 Å². The number of Topliss-reactive ketones (excluding diaryl/α,β-unsaturated/α-hetero) is 1. The second kappa shape index (κ2) is 10.5. The standard InChI is InChI=1S/C26H25ClN2O4S/c27-24-8-4-5-9-25(24)34(32,33)29-16-14-28(15-17-29)26(31)19-23(30)18-20-10-12-22(13-11-20)21-6-2-1-3-7-21/h1-13H,14-19H2. The second-order valence-electron chi connectivity index (χ2n) is 8.17. The number of benzene rings is 3. The predicted molar refractivity (Wildman–Crippen MR) is 132 cm³/mol. The molecule has 1 saturated heterocycles. The van der Waals surface area contributed by atoms with E-state index in [0.717, 1.165) is 16.7 Å². The van der Waals surface area contributed by atoms with Gasteiger partial charge in [0.2, 0.25) is 15.9 Å². The van der Waals surface area contributed by atoms with E-state index in [4.69, 9.17) is 11.6 Å². The van der Waals surface area contributed by atoms with Crippen molar-refractivity contribution in [3.8, 4) is 11.1 Å². The van der Waals surface area contributed by atoms with Crippen LogP contribution < -0.4 is 0 Å². The molecule has 34 heavy (non-hydrogen) atoms. The van der Waals surface area contributed by atoms with Crippen molar-refractivity contribution in [3.05, 3.63) is 89.4 Å². The van der Waals surface area contributed by atoms with Crippen LogP contribution in [-0.2, 0) is 26.0 Å². The SMILES string of the molecule is O=C(CC(=O)N1CCN(S(=O)(=O)c2ccccc2Cl)CC1)Cc1ccc(-c2ccccc2)cc1. The van der Waals surface area contributed by atoms with Crippen LogP contribution in [0.4, 0.5) is 0 Å². The molecule has 0 spiro atoms. The van der Waals surface area contributed by atoms with Crippen LogP contribution in [0.1, 0.15) is 12.0 Å².